The fourth-order valence-corrected chi connectivity index (χ4v) is 6.10. The van der Waals surface area contributed by atoms with Crippen LogP contribution in [0.15, 0.2) is 81.7 Å². The first-order valence-corrected chi connectivity index (χ1v) is 15.1. The van der Waals surface area contributed by atoms with Gasteiger partial charge in [0.2, 0.25) is 0 Å². The highest BCUT2D eigenvalue weighted by Crippen LogP contribution is 2.36. The van der Waals surface area contributed by atoms with Gasteiger partial charge in [-0.25, -0.2) is 14.2 Å². The number of ether oxygens (including phenoxy) is 4. The van der Waals surface area contributed by atoms with Crippen LogP contribution in [0.5, 0.6) is 17.2 Å². The molecule has 0 N–H and O–H groups in total. The zero-order valence-corrected chi connectivity index (χ0v) is 26.1. The van der Waals surface area contributed by atoms with Crippen molar-refractivity contribution in [3.63, 3.8) is 0 Å². The summed E-state index contributed by atoms with van der Waals surface area (Å²) in [5.74, 6) is 0.596. The van der Waals surface area contributed by atoms with Gasteiger partial charge in [-0.3, -0.25) is 9.36 Å². The number of nitrogens with zero attached hydrogens (tertiary/aromatic N) is 2. The molecule has 1 aliphatic rings. The Balaban J connectivity index is 1.64. The van der Waals surface area contributed by atoms with Crippen LogP contribution in [0.4, 0.5) is 4.39 Å². The molecule has 44 heavy (non-hydrogen) atoms. The molecular weight excluding hydrogens is 607 g/mol. The first-order chi connectivity index (χ1) is 21.2. The highest BCUT2D eigenvalue weighted by Gasteiger charge is 2.34. The van der Waals surface area contributed by atoms with Crippen molar-refractivity contribution in [1.29, 1.82) is 0 Å². The minimum atomic E-state index is -0.828. The Morgan fingerprint density at radius 2 is 1.77 bits per heavy atom. The lowest BCUT2D eigenvalue weighted by Crippen LogP contribution is -2.40. The van der Waals surface area contributed by atoms with Crippen LogP contribution >= 0.6 is 22.9 Å². The minimum Gasteiger partial charge on any atom is -0.493 e. The quantitative estimate of drug-likeness (QED) is 0.211. The van der Waals surface area contributed by atoms with Crippen molar-refractivity contribution in [1.82, 2.24) is 4.57 Å². The summed E-state index contributed by atoms with van der Waals surface area (Å²) >= 11 is 7.52. The second-order valence-corrected chi connectivity index (χ2v) is 11.2. The summed E-state index contributed by atoms with van der Waals surface area (Å²) in [5.41, 5.74) is 2.33. The molecule has 5 rings (SSSR count). The summed E-state index contributed by atoms with van der Waals surface area (Å²) in [7, 11) is 1.54. The number of hydrogen-bond donors (Lipinski definition) is 0. The minimum absolute atomic E-state index is 0.162. The molecule has 0 amide bonds. The molecule has 0 bridgehead atoms. The molecule has 2 heterocycles. The lowest BCUT2D eigenvalue weighted by atomic mass is 9.95. The van der Waals surface area contributed by atoms with Crippen LogP contribution in [0.25, 0.3) is 6.08 Å². The number of benzene rings is 3. The first-order valence-electron chi connectivity index (χ1n) is 13.9. The van der Waals surface area contributed by atoms with Gasteiger partial charge in [-0.1, -0.05) is 41.1 Å². The highest BCUT2D eigenvalue weighted by molar-refractivity contribution is 7.07. The van der Waals surface area contributed by atoms with E-state index in [0.29, 0.717) is 55.0 Å². The van der Waals surface area contributed by atoms with Gasteiger partial charge in [-0.05, 0) is 80.4 Å². The molecule has 4 aromatic rings. The van der Waals surface area contributed by atoms with Crippen molar-refractivity contribution in [2.75, 3.05) is 20.3 Å². The normalized spacial score (nSPS) is 14.6. The van der Waals surface area contributed by atoms with E-state index in [1.807, 2.05) is 6.92 Å². The van der Waals surface area contributed by atoms with E-state index in [1.165, 1.54) is 28.0 Å². The maximum Gasteiger partial charge on any atom is 0.338 e. The number of fused-ring (bicyclic) bond motifs is 1. The van der Waals surface area contributed by atoms with Crippen molar-refractivity contribution in [2.45, 2.75) is 33.4 Å². The van der Waals surface area contributed by atoms with Gasteiger partial charge >= 0.3 is 5.97 Å². The van der Waals surface area contributed by atoms with Gasteiger partial charge in [0.05, 0.1) is 42.2 Å². The SMILES string of the molecule is CCOC(=O)C1=C(C)N=c2s/c(=C\c3cc(Cl)ccc3OCc3ccc(F)cc3)c(=O)n2[C@@H]1c1ccc(OC)c(OCC)c1. The Hall–Kier alpha value is -4.41. The van der Waals surface area contributed by atoms with E-state index in [0.717, 1.165) is 5.56 Å². The molecule has 8 nitrogen and oxygen atoms in total. The fourth-order valence-electron chi connectivity index (χ4n) is 4.89. The Kier molecular flexibility index (Phi) is 9.51. The predicted molar refractivity (Wildman–Crippen MR) is 167 cm³/mol. The third-order valence-electron chi connectivity index (χ3n) is 6.89. The molecule has 0 saturated heterocycles. The van der Waals surface area contributed by atoms with Gasteiger partial charge < -0.3 is 18.9 Å². The zero-order valence-electron chi connectivity index (χ0n) is 24.6. The monoisotopic (exact) mass is 636 g/mol. The van der Waals surface area contributed by atoms with Gasteiger partial charge in [0.1, 0.15) is 18.2 Å². The summed E-state index contributed by atoms with van der Waals surface area (Å²) in [4.78, 5) is 32.4. The average molecular weight is 637 g/mol. The second-order valence-electron chi connectivity index (χ2n) is 9.74. The molecule has 0 unspecified atom stereocenters. The summed E-state index contributed by atoms with van der Waals surface area (Å²) in [6, 6.07) is 15.6. The van der Waals surface area contributed by atoms with Crippen LogP contribution < -0.4 is 29.1 Å². The predicted octanol–water partition coefficient (Wildman–Crippen LogP) is 5.58. The molecule has 11 heteroatoms. The number of hydrogen-bond acceptors (Lipinski definition) is 8. The molecule has 0 fully saturated rings. The average Bonchev–Trinajstić information content (AvgIpc) is 3.30. The molecule has 0 radical (unpaired) electrons. The third kappa shape index (κ3) is 6.41. The van der Waals surface area contributed by atoms with E-state index in [4.69, 9.17) is 30.5 Å². The number of esters is 1. The van der Waals surface area contributed by atoms with Crippen molar-refractivity contribution >= 4 is 35.0 Å². The van der Waals surface area contributed by atoms with E-state index >= 15 is 0 Å². The number of methoxy groups -OCH3 is 1. The Morgan fingerprint density at radius 3 is 2.48 bits per heavy atom. The van der Waals surface area contributed by atoms with E-state index in [9.17, 15) is 14.0 Å². The van der Waals surface area contributed by atoms with Crippen molar-refractivity contribution in [3.05, 3.63) is 119 Å². The van der Waals surface area contributed by atoms with Crippen LogP contribution in [0, 0.1) is 5.82 Å². The van der Waals surface area contributed by atoms with Gasteiger partial charge in [0.25, 0.3) is 5.56 Å². The number of aromatic nitrogens is 1. The van der Waals surface area contributed by atoms with Gasteiger partial charge in [0.15, 0.2) is 16.3 Å². The number of halogens is 2. The number of carbonyl (C=O) groups is 1. The van der Waals surface area contributed by atoms with Crippen LogP contribution in [0.3, 0.4) is 0 Å². The smallest absolute Gasteiger partial charge is 0.338 e. The lowest BCUT2D eigenvalue weighted by Gasteiger charge is -2.25. The molecule has 1 atom stereocenters. The molecular formula is C33H30ClFN2O6S. The Morgan fingerprint density at radius 1 is 1.02 bits per heavy atom. The largest absolute Gasteiger partial charge is 0.493 e. The van der Waals surface area contributed by atoms with Crippen LogP contribution in [-0.2, 0) is 16.1 Å². The highest BCUT2D eigenvalue weighted by atomic mass is 35.5. The van der Waals surface area contributed by atoms with Crippen molar-refractivity contribution < 1.29 is 28.1 Å². The third-order valence-corrected chi connectivity index (χ3v) is 8.10. The van der Waals surface area contributed by atoms with Crippen LogP contribution in [0.2, 0.25) is 5.02 Å². The molecule has 228 valence electrons. The van der Waals surface area contributed by atoms with E-state index in [-0.39, 0.29) is 30.2 Å². The fraction of sp³-hybridized carbons (Fsp3) is 0.242. The summed E-state index contributed by atoms with van der Waals surface area (Å²) in [6.07, 6.45) is 1.69. The standard InChI is InChI=1S/C33H30ClFN2O6S/c1-5-41-27-16-21(9-13-26(27)40-4)30-29(32(39)42-6-2)19(3)36-33-37(30)31(38)28(44-33)17-22-15-23(34)10-14-25(22)43-18-20-7-11-24(35)12-8-20/h7-17,30H,5-6,18H2,1-4H3/b28-17-/t30-/m1/s1. The van der Waals surface area contributed by atoms with Crippen molar-refractivity contribution in [2.24, 2.45) is 4.99 Å². The number of allylic oxidation sites excluding steroid dienone is 1. The molecule has 0 saturated carbocycles. The first kappa shape index (κ1) is 31.0. The number of thiazole rings is 1. The van der Waals surface area contributed by atoms with Gasteiger partial charge in [-0.2, -0.15) is 0 Å². The maximum atomic E-state index is 14.1. The zero-order chi connectivity index (χ0) is 31.4. The summed E-state index contributed by atoms with van der Waals surface area (Å²) in [6.45, 7) is 6.05. The Labute approximate surface area is 262 Å². The van der Waals surface area contributed by atoms with Crippen molar-refractivity contribution in [3.8, 4) is 17.2 Å². The lowest BCUT2D eigenvalue weighted by molar-refractivity contribution is -0.139. The van der Waals surface area contributed by atoms with E-state index < -0.39 is 12.0 Å². The molecule has 1 aromatic heterocycles. The summed E-state index contributed by atoms with van der Waals surface area (Å²) < 4.78 is 37.9. The molecule has 0 spiro atoms. The van der Waals surface area contributed by atoms with Gasteiger partial charge in [-0.15, -0.1) is 0 Å². The van der Waals surface area contributed by atoms with Crippen LogP contribution in [0.1, 0.15) is 43.5 Å². The van der Waals surface area contributed by atoms with Crippen LogP contribution in [-0.4, -0.2) is 30.9 Å². The van der Waals surface area contributed by atoms with E-state index in [1.54, 1.807) is 75.6 Å². The number of rotatable bonds is 10. The topological polar surface area (TPSA) is 88.4 Å². The molecule has 3 aromatic carbocycles. The molecule has 1 aliphatic heterocycles. The molecule has 0 aliphatic carbocycles. The second kappa shape index (κ2) is 13.5. The maximum absolute atomic E-state index is 14.1. The van der Waals surface area contributed by atoms with E-state index in [2.05, 4.69) is 4.99 Å². The summed E-state index contributed by atoms with van der Waals surface area (Å²) in [5, 5.41) is 0.457. The van der Waals surface area contributed by atoms with Gasteiger partial charge in [0, 0.05) is 10.6 Å². The number of carbonyl (C=O) groups excluding carboxylic acids is 1. The Bertz CT molecular complexity index is 1920.